The first-order chi connectivity index (χ1) is 5.16. The third kappa shape index (κ3) is 1.23. The lowest BCUT2D eigenvalue weighted by Crippen LogP contribution is -2.17. The summed E-state index contributed by atoms with van der Waals surface area (Å²) in [4.78, 5) is 10.1. The van der Waals surface area contributed by atoms with Gasteiger partial charge in [0.25, 0.3) is 0 Å². The van der Waals surface area contributed by atoms with Crippen LogP contribution in [0.2, 0.25) is 0 Å². The van der Waals surface area contributed by atoms with Crippen molar-refractivity contribution in [2.45, 2.75) is 6.10 Å². The standard InChI is InChI=1S/C8H7O3/c1-5-6(4-9)2-3-7(10)8(5)11/h2-3,8,10-11H,1H2. The van der Waals surface area contributed by atoms with E-state index in [0.717, 1.165) is 0 Å². The maximum absolute atomic E-state index is 10.1. The first-order valence-corrected chi connectivity index (χ1v) is 3.03. The zero-order chi connectivity index (χ0) is 8.43. The van der Waals surface area contributed by atoms with Gasteiger partial charge in [-0.2, -0.15) is 0 Å². The Balaban J connectivity index is 3.02. The Kier molecular flexibility index (Phi) is 1.92. The summed E-state index contributed by atoms with van der Waals surface area (Å²) in [5.74, 6) is -0.200. The molecule has 11 heavy (non-hydrogen) atoms. The van der Waals surface area contributed by atoms with Crippen molar-refractivity contribution in [2.24, 2.45) is 0 Å². The molecule has 1 rings (SSSR count). The molecule has 0 aliphatic heterocycles. The quantitative estimate of drug-likeness (QED) is 0.570. The third-order valence-electron chi connectivity index (χ3n) is 1.49. The Morgan fingerprint density at radius 3 is 2.73 bits per heavy atom. The summed E-state index contributed by atoms with van der Waals surface area (Å²) < 4.78 is 0. The number of aliphatic hydroxyl groups excluding tert-OH is 2. The number of aliphatic hydroxyl groups is 2. The summed E-state index contributed by atoms with van der Waals surface area (Å²) in [7, 11) is 0. The van der Waals surface area contributed by atoms with Crippen LogP contribution in [0.3, 0.4) is 0 Å². The van der Waals surface area contributed by atoms with Gasteiger partial charge in [0.05, 0.1) is 0 Å². The molecule has 0 aromatic heterocycles. The lowest BCUT2D eigenvalue weighted by atomic mass is 9.97. The van der Waals surface area contributed by atoms with Gasteiger partial charge in [0.2, 0.25) is 6.29 Å². The fraction of sp³-hybridized carbons (Fsp3) is 0.125. The highest BCUT2D eigenvalue weighted by Gasteiger charge is 2.19. The third-order valence-corrected chi connectivity index (χ3v) is 1.49. The Morgan fingerprint density at radius 1 is 1.55 bits per heavy atom. The van der Waals surface area contributed by atoms with E-state index in [9.17, 15) is 4.79 Å². The summed E-state index contributed by atoms with van der Waals surface area (Å²) in [6, 6.07) is 0. The molecule has 0 bridgehead atoms. The van der Waals surface area contributed by atoms with E-state index in [0.29, 0.717) is 0 Å². The van der Waals surface area contributed by atoms with Gasteiger partial charge in [-0.05, 0) is 17.7 Å². The van der Waals surface area contributed by atoms with E-state index in [4.69, 9.17) is 10.2 Å². The largest absolute Gasteiger partial charge is 0.509 e. The smallest absolute Gasteiger partial charge is 0.233 e. The van der Waals surface area contributed by atoms with Crippen LogP contribution in [0.5, 0.6) is 0 Å². The Morgan fingerprint density at radius 2 is 2.18 bits per heavy atom. The molecule has 0 aromatic carbocycles. The molecule has 1 unspecified atom stereocenters. The molecular formula is C8H7O3. The van der Waals surface area contributed by atoms with E-state index in [1.165, 1.54) is 12.2 Å². The van der Waals surface area contributed by atoms with E-state index in [1.807, 2.05) is 0 Å². The SMILES string of the molecule is C=C1C([C]=O)=CC=C(O)C1O. The van der Waals surface area contributed by atoms with E-state index in [2.05, 4.69) is 6.58 Å². The van der Waals surface area contributed by atoms with E-state index < -0.39 is 6.10 Å². The average Bonchev–Trinajstić information content (AvgIpc) is 2.01. The van der Waals surface area contributed by atoms with Gasteiger partial charge in [-0.1, -0.05) is 6.58 Å². The predicted molar refractivity (Wildman–Crippen MR) is 39.6 cm³/mol. The first kappa shape index (κ1) is 7.75. The van der Waals surface area contributed by atoms with E-state index >= 15 is 0 Å². The van der Waals surface area contributed by atoms with Crippen molar-refractivity contribution >= 4 is 6.29 Å². The van der Waals surface area contributed by atoms with Gasteiger partial charge < -0.3 is 10.2 Å². The minimum atomic E-state index is -1.16. The van der Waals surface area contributed by atoms with Crippen molar-refractivity contribution in [3.8, 4) is 0 Å². The van der Waals surface area contributed by atoms with Crippen LogP contribution in [0, 0.1) is 0 Å². The van der Waals surface area contributed by atoms with Gasteiger partial charge in [0, 0.05) is 5.57 Å². The number of carbonyl (C=O) groups excluding carboxylic acids is 1. The van der Waals surface area contributed by atoms with Crippen LogP contribution < -0.4 is 0 Å². The van der Waals surface area contributed by atoms with Crippen molar-refractivity contribution in [2.75, 3.05) is 0 Å². The first-order valence-electron chi connectivity index (χ1n) is 3.03. The van der Waals surface area contributed by atoms with Gasteiger partial charge in [-0.3, -0.25) is 4.79 Å². The zero-order valence-corrected chi connectivity index (χ0v) is 5.74. The maximum atomic E-state index is 10.1. The second-order valence-corrected chi connectivity index (χ2v) is 2.20. The molecule has 0 fully saturated rings. The molecule has 0 saturated heterocycles. The highest BCUT2D eigenvalue weighted by molar-refractivity contribution is 5.82. The van der Waals surface area contributed by atoms with Crippen molar-refractivity contribution < 1.29 is 15.0 Å². The Labute approximate surface area is 64.0 Å². The topological polar surface area (TPSA) is 57.5 Å². The van der Waals surface area contributed by atoms with Gasteiger partial charge in [0.15, 0.2) is 0 Å². The highest BCUT2D eigenvalue weighted by atomic mass is 16.3. The minimum Gasteiger partial charge on any atom is -0.509 e. The number of hydrogen-bond acceptors (Lipinski definition) is 3. The molecule has 0 saturated carbocycles. The monoisotopic (exact) mass is 151 g/mol. The lowest BCUT2D eigenvalue weighted by molar-refractivity contribution is 0.184. The summed E-state index contributed by atoms with van der Waals surface area (Å²) >= 11 is 0. The van der Waals surface area contributed by atoms with Crippen molar-refractivity contribution in [3.05, 3.63) is 35.6 Å². The molecule has 1 aliphatic carbocycles. The molecule has 3 nitrogen and oxygen atoms in total. The summed E-state index contributed by atoms with van der Waals surface area (Å²) in [5.41, 5.74) is 0.371. The van der Waals surface area contributed by atoms with Crippen molar-refractivity contribution in [1.29, 1.82) is 0 Å². The molecule has 0 spiro atoms. The van der Waals surface area contributed by atoms with Crippen LogP contribution in [0.1, 0.15) is 0 Å². The fourth-order valence-electron chi connectivity index (χ4n) is 0.792. The molecule has 1 radical (unpaired) electrons. The molecule has 1 aliphatic rings. The molecule has 0 aromatic rings. The van der Waals surface area contributed by atoms with Gasteiger partial charge >= 0.3 is 0 Å². The van der Waals surface area contributed by atoms with Crippen LogP contribution in [0.25, 0.3) is 0 Å². The van der Waals surface area contributed by atoms with Crippen molar-refractivity contribution in [3.63, 3.8) is 0 Å². The van der Waals surface area contributed by atoms with Crippen molar-refractivity contribution in [1.82, 2.24) is 0 Å². The maximum Gasteiger partial charge on any atom is 0.233 e. The lowest BCUT2D eigenvalue weighted by Gasteiger charge is -2.15. The molecule has 2 N–H and O–H groups in total. The number of allylic oxidation sites excluding steroid dienone is 2. The van der Waals surface area contributed by atoms with Gasteiger partial charge in [-0.25, -0.2) is 0 Å². The summed E-state index contributed by atoms with van der Waals surface area (Å²) in [6.07, 6.45) is 3.05. The van der Waals surface area contributed by atoms with E-state index in [-0.39, 0.29) is 16.9 Å². The number of hydrogen-bond donors (Lipinski definition) is 2. The predicted octanol–water partition coefficient (Wildman–Crippen LogP) is 0.395. The highest BCUT2D eigenvalue weighted by Crippen LogP contribution is 2.20. The van der Waals surface area contributed by atoms with Crippen LogP contribution in [0.4, 0.5) is 0 Å². The Bertz CT molecular complexity index is 261. The van der Waals surface area contributed by atoms with Crippen LogP contribution in [0.15, 0.2) is 35.6 Å². The second-order valence-electron chi connectivity index (χ2n) is 2.20. The molecule has 1 atom stereocenters. The molecule has 0 amide bonds. The van der Waals surface area contributed by atoms with Crippen LogP contribution >= 0.6 is 0 Å². The van der Waals surface area contributed by atoms with Crippen LogP contribution in [-0.2, 0) is 4.79 Å². The average molecular weight is 151 g/mol. The molecule has 0 heterocycles. The Hall–Kier alpha value is -1.35. The van der Waals surface area contributed by atoms with E-state index in [1.54, 1.807) is 6.29 Å². The second kappa shape index (κ2) is 2.72. The summed E-state index contributed by atoms with van der Waals surface area (Å²) in [5, 5.41) is 18.0. The zero-order valence-electron chi connectivity index (χ0n) is 5.74. The van der Waals surface area contributed by atoms with Gasteiger partial charge in [0.1, 0.15) is 11.9 Å². The molecular weight excluding hydrogens is 144 g/mol. The fourth-order valence-corrected chi connectivity index (χ4v) is 0.792. The molecule has 57 valence electrons. The normalized spacial score (nSPS) is 24.1. The minimum absolute atomic E-state index is 0.181. The number of rotatable bonds is 1. The molecule has 3 heteroatoms. The van der Waals surface area contributed by atoms with Crippen LogP contribution in [-0.4, -0.2) is 22.6 Å². The summed E-state index contributed by atoms with van der Waals surface area (Å²) in [6.45, 7) is 3.42. The van der Waals surface area contributed by atoms with Gasteiger partial charge in [-0.15, -0.1) is 0 Å².